The van der Waals surface area contributed by atoms with Crippen LogP contribution in [0.5, 0.6) is 5.75 Å². The summed E-state index contributed by atoms with van der Waals surface area (Å²) in [6.07, 6.45) is 1.82. The zero-order valence-corrected chi connectivity index (χ0v) is 23.5. The largest absolute Gasteiger partial charge is 0.487 e. The fraction of sp³-hybridized carbons (Fsp3) is 0.148. The minimum absolute atomic E-state index is 0.129. The molecule has 36 heavy (non-hydrogen) atoms. The van der Waals surface area contributed by atoms with Crippen molar-refractivity contribution in [3.8, 4) is 5.75 Å². The van der Waals surface area contributed by atoms with Gasteiger partial charge >= 0.3 is 5.97 Å². The summed E-state index contributed by atoms with van der Waals surface area (Å²) in [5, 5.41) is 9.63. The predicted molar refractivity (Wildman–Crippen MR) is 151 cm³/mol. The third-order valence-corrected chi connectivity index (χ3v) is 7.55. The van der Waals surface area contributed by atoms with Crippen molar-refractivity contribution in [2.75, 3.05) is 6.54 Å². The summed E-state index contributed by atoms with van der Waals surface area (Å²) < 4.78 is 7.57. The Morgan fingerprint density at radius 1 is 1.08 bits per heavy atom. The van der Waals surface area contributed by atoms with Gasteiger partial charge in [0.2, 0.25) is 0 Å². The van der Waals surface area contributed by atoms with Gasteiger partial charge in [-0.2, -0.15) is 0 Å². The third-order valence-electron chi connectivity index (χ3n) is 5.37. The molecule has 0 aromatic heterocycles. The number of benzene rings is 3. The quantitative estimate of drug-likeness (QED) is 0.275. The molecule has 1 aliphatic heterocycles. The summed E-state index contributed by atoms with van der Waals surface area (Å²) in [6, 6.07) is 18.2. The number of aliphatic imine (C=N–C) groups is 1. The first-order valence-corrected chi connectivity index (χ1v) is 13.5. The van der Waals surface area contributed by atoms with Crippen molar-refractivity contribution in [3.05, 3.63) is 96.8 Å². The van der Waals surface area contributed by atoms with Gasteiger partial charge in [0, 0.05) is 6.54 Å². The Kier molecular flexibility index (Phi) is 8.33. The third kappa shape index (κ3) is 6.08. The SMILES string of the molecule is CCN1C(=O)C(=Cc2cc(Br)c(OCc3ccc(C)cc3)c(Br)c2)SC1=Nc1ccc(C(=O)O)cc1. The molecule has 1 saturated heterocycles. The highest BCUT2D eigenvalue weighted by atomic mass is 79.9. The predicted octanol–water partition coefficient (Wildman–Crippen LogP) is 7.42. The summed E-state index contributed by atoms with van der Waals surface area (Å²) in [6.45, 7) is 4.84. The van der Waals surface area contributed by atoms with E-state index < -0.39 is 5.97 Å². The van der Waals surface area contributed by atoms with Gasteiger partial charge < -0.3 is 9.84 Å². The molecule has 184 valence electrons. The normalized spacial score (nSPS) is 15.7. The van der Waals surface area contributed by atoms with E-state index in [1.165, 1.54) is 29.5 Å². The molecule has 1 aliphatic rings. The van der Waals surface area contributed by atoms with E-state index in [2.05, 4.69) is 49.0 Å². The minimum Gasteiger partial charge on any atom is -0.487 e. The monoisotopic (exact) mass is 628 g/mol. The molecule has 0 unspecified atom stereocenters. The van der Waals surface area contributed by atoms with Gasteiger partial charge in [-0.05, 0) is 111 Å². The first-order chi connectivity index (χ1) is 17.2. The molecule has 0 radical (unpaired) electrons. The van der Waals surface area contributed by atoms with Gasteiger partial charge in [-0.15, -0.1) is 0 Å². The number of carbonyl (C=O) groups is 2. The van der Waals surface area contributed by atoms with Crippen molar-refractivity contribution >= 4 is 72.4 Å². The second kappa shape index (κ2) is 11.5. The Bertz CT molecular complexity index is 1350. The van der Waals surface area contributed by atoms with Crippen molar-refractivity contribution in [1.82, 2.24) is 4.90 Å². The summed E-state index contributed by atoms with van der Waals surface area (Å²) in [4.78, 5) is 30.8. The van der Waals surface area contributed by atoms with Crippen molar-refractivity contribution in [2.24, 2.45) is 4.99 Å². The standard InChI is InChI=1S/C27H22Br2N2O4S/c1-3-31-25(32)23(36-27(31)30-20-10-8-19(9-11-20)26(33)34)14-18-12-21(28)24(22(29)13-18)35-15-17-6-4-16(2)5-7-17/h4-14H,3,15H2,1-2H3,(H,33,34). The van der Waals surface area contributed by atoms with Crippen LogP contribution in [0.3, 0.4) is 0 Å². The van der Waals surface area contributed by atoms with Crippen LogP contribution >= 0.6 is 43.6 Å². The number of thioether (sulfide) groups is 1. The second-order valence-electron chi connectivity index (χ2n) is 7.99. The number of hydrogen-bond acceptors (Lipinski definition) is 5. The molecule has 0 spiro atoms. The average molecular weight is 630 g/mol. The summed E-state index contributed by atoms with van der Waals surface area (Å²) in [5.41, 5.74) is 3.86. The summed E-state index contributed by atoms with van der Waals surface area (Å²) in [7, 11) is 0. The van der Waals surface area contributed by atoms with E-state index in [0.717, 1.165) is 20.1 Å². The van der Waals surface area contributed by atoms with Crippen molar-refractivity contribution in [3.63, 3.8) is 0 Å². The van der Waals surface area contributed by atoms with Crippen molar-refractivity contribution in [1.29, 1.82) is 0 Å². The van der Waals surface area contributed by atoms with Gasteiger partial charge in [0.05, 0.1) is 25.1 Å². The number of nitrogens with zero attached hydrogens (tertiary/aromatic N) is 2. The number of aryl methyl sites for hydroxylation is 1. The van der Waals surface area contributed by atoms with Crippen LogP contribution in [0.1, 0.15) is 34.0 Å². The van der Waals surface area contributed by atoms with Gasteiger partial charge in [-0.25, -0.2) is 9.79 Å². The number of amides is 1. The van der Waals surface area contributed by atoms with E-state index in [4.69, 9.17) is 9.84 Å². The van der Waals surface area contributed by atoms with E-state index in [9.17, 15) is 9.59 Å². The van der Waals surface area contributed by atoms with E-state index in [1.54, 1.807) is 17.0 Å². The molecule has 6 nitrogen and oxygen atoms in total. The Morgan fingerprint density at radius 3 is 2.31 bits per heavy atom. The van der Waals surface area contributed by atoms with E-state index in [0.29, 0.717) is 34.7 Å². The number of carbonyl (C=O) groups excluding carboxylic acids is 1. The number of ether oxygens (including phenoxy) is 1. The second-order valence-corrected chi connectivity index (χ2v) is 10.7. The van der Waals surface area contributed by atoms with E-state index >= 15 is 0 Å². The van der Waals surface area contributed by atoms with Crippen molar-refractivity contribution < 1.29 is 19.4 Å². The molecule has 0 atom stereocenters. The van der Waals surface area contributed by atoms with Crippen LogP contribution in [0, 0.1) is 6.92 Å². The smallest absolute Gasteiger partial charge is 0.335 e. The first kappa shape index (κ1) is 26.2. The number of amidine groups is 1. The molecule has 1 N–H and O–H groups in total. The maximum atomic E-state index is 13.0. The van der Waals surface area contributed by atoms with Gasteiger partial charge in [0.25, 0.3) is 5.91 Å². The molecule has 1 heterocycles. The first-order valence-electron chi connectivity index (χ1n) is 11.1. The number of halogens is 2. The lowest BCUT2D eigenvalue weighted by Crippen LogP contribution is -2.28. The molecule has 1 amide bonds. The lowest BCUT2D eigenvalue weighted by Gasteiger charge is -2.12. The lowest BCUT2D eigenvalue weighted by atomic mass is 10.1. The fourth-order valence-electron chi connectivity index (χ4n) is 3.45. The summed E-state index contributed by atoms with van der Waals surface area (Å²) >= 11 is 8.47. The van der Waals surface area contributed by atoms with Crippen molar-refractivity contribution in [2.45, 2.75) is 20.5 Å². The maximum absolute atomic E-state index is 13.0. The highest BCUT2D eigenvalue weighted by molar-refractivity contribution is 9.11. The van der Waals surface area contributed by atoms with Crippen LogP contribution in [-0.4, -0.2) is 33.6 Å². The van der Waals surface area contributed by atoms with Gasteiger partial charge in [0.15, 0.2) is 5.17 Å². The fourth-order valence-corrected chi connectivity index (χ4v) is 5.96. The highest BCUT2D eigenvalue weighted by Gasteiger charge is 2.32. The molecular formula is C27H22Br2N2O4S. The number of aromatic carboxylic acids is 1. The molecule has 4 rings (SSSR count). The Balaban J connectivity index is 1.54. The zero-order chi connectivity index (χ0) is 25.8. The molecule has 0 saturated carbocycles. The van der Waals surface area contributed by atoms with Crippen LogP contribution in [0.25, 0.3) is 6.08 Å². The Hall–Kier alpha value is -2.88. The highest BCUT2D eigenvalue weighted by Crippen LogP contribution is 2.38. The molecule has 0 bridgehead atoms. The Morgan fingerprint density at radius 2 is 1.72 bits per heavy atom. The lowest BCUT2D eigenvalue weighted by molar-refractivity contribution is -0.122. The van der Waals surface area contributed by atoms with E-state index in [-0.39, 0.29) is 11.5 Å². The molecule has 0 aliphatic carbocycles. The zero-order valence-electron chi connectivity index (χ0n) is 19.5. The minimum atomic E-state index is -0.996. The molecular weight excluding hydrogens is 608 g/mol. The van der Waals surface area contributed by atoms with Crippen LogP contribution in [-0.2, 0) is 11.4 Å². The number of likely N-dealkylation sites (N-methyl/N-ethyl adjacent to an activating group) is 1. The average Bonchev–Trinajstić information content (AvgIpc) is 3.13. The van der Waals surface area contributed by atoms with Crippen LogP contribution in [0.15, 0.2) is 79.5 Å². The van der Waals surface area contributed by atoms with Gasteiger partial charge in [-0.1, -0.05) is 29.8 Å². The van der Waals surface area contributed by atoms with Crippen LogP contribution in [0.4, 0.5) is 5.69 Å². The van der Waals surface area contributed by atoms with Crippen LogP contribution < -0.4 is 4.74 Å². The van der Waals surface area contributed by atoms with E-state index in [1.807, 2.05) is 44.2 Å². The number of carboxylic acid groups (broad SMARTS) is 1. The molecule has 9 heteroatoms. The number of carboxylic acids is 1. The molecule has 3 aromatic rings. The molecule has 3 aromatic carbocycles. The molecule has 1 fully saturated rings. The van der Waals surface area contributed by atoms with Gasteiger partial charge in [0.1, 0.15) is 12.4 Å². The topological polar surface area (TPSA) is 79.2 Å². The maximum Gasteiger partial charge on any atom is 0.335 e. The van der Waals surface area contributed by atoms with Crippen LogP contribution in [0.2, 0.25) is 0 Å². The number of rotatable bonds is 7. The summed E-state index contributed by atoms with van der Waals surface area (Å²) in [5.74, 6) is -0.440. The number of hydrogen-bond donors (Lipinski definition) is 1. The Labute approximate surface area is 230 Å². The van der Waals surface area contributed by atoms with Gasteiger partial charge in [-0.3, -0.25) is 9.69 Å².